The Morgan fingerprint density at radius 3 is 2.26 bits per heavy atom. The molecule has 0 atom stereocenters. The fourth-order valence-electron chi connectivity index (χ4n) is 6.31. The largest absolute Gasteiger partial charge is 0.378 e. The number of carbonyl (C=O) groups is 2. The molecule has 0 radical (unpaired) electrons. The van der Waals surface area contributed by atoms with Crippen LogP contribution < -0.4 is 15.9 Å². The third-order valence-corrected chi connectivity index (χ3v) is 8.60. The van der Waals surface area contributed by atoms with E-state index in [0.29, 0.717) is 43.3 Å². The van der Waals surface area contributed by atoms with Crippen molar-refractivity contribution >= 4 is 17.5 Å². The molecule has 222 valence electrons. The number of likely N-dealkylation sites (tertiary alicyclic amines) is 1. The van der Waals surface area contributed by atoms with Gasteiger partial charge in [0.15, 0.2) is 0 Å². The molecule has 3 saturated heterocycles. The lowest BCUT2D eigenvalue weighted by atomic mass is 10.1. The molecule has 3 fully saturated rings. The van der Waals surface area contributed by atoms with E-state index in [1.165, 1.54) is 0 Å². The number of nitrogens with zero attached hydrogens (tertiary/aromatic N) is 5. The van der Waals surface area contributed by atoms with Gasteiger partial charge in [0.05, 0.1) is 31.1 Å². The zero-order valence-electron chi connectivity index (χ0n) is 24.4. The smallest absolute Gasteiger partial charge is 0.333 e. The van der Waals surface area contributed by atoms with E-state index in [0.717, 1.165) is 75.5 Å². The van der Waals surface area contributed by atoms with Crippen LogP contribution in [0.3, 0.4) is 0 Å². The molecule has 1 N–H and O–H groups in total. The molecule has 4 heterocycles. The molecule has 0 aliphatic carbocycles. The van der Waals surface area contributed by atoms with Crippen LogP contribution in [0.1, 0.15) is 51.4 Å². The van der Waals surface area contributed by atoms with E-state index in [-0.39, 0.29) is 24.0 Å². The van der Waals surface area contributed by atoms with Gasteiger partial charge < -0.3 is 24.8 Å². The van der Waals surface area contributed by atoms with E-state index in [4.69, 9.17) is 4.74 Å². The highest BCUT2D eigenvalue weighted by molar-refractivity contribution is 5.95. The number of rotatable bonds is 6. The highest BCUT2D eigenvalue weighted by Crippen LogP contribution is 2.23. The number of carbonyl (C=O) groups excluding carboxylic acids is 2. The van der Waals surface area contributed by atoms with E-state index < -0.39 is 0 Å². The maximum Gasteiger partial charge on any atom is 0.333 e. The normalized spacial score (nSPS) is 17.9. The number of benzene rings is 2. The number of imidazole rings is 1. The Hall–Kier alpha value is -3.89. The number of piperazine rings is 1. The van der Waals surface area contributed by atoms with Crippen molar-refractivity contribution in [2.75, 3.05) is 70.5 Å². The molecule has 3 aliphatic heterocycles. The average Bonchev–Trinajstić information content (AvgIpc) is 3.29. The van der Waals surface area contributed by atoms with Gasteiger partial charge in [0.2, 0.25) is 0 Å². The summed E-state index contributed by atoms with van der Waals surface area (Å²) in [7, 11) is 0. The first-order chi connectivity index (χ1) is 20.5. The number of aromatic nitrogens is 2. The van der Waals surface area contributed by atoms with Crippen molar-refractivity contribution in [2.24, 2.45) is 0 Å². The summed E-state index contributed by atoms with van der Waals surface area (Å²) in [6.07, 6.45) is 3.21. The Morgan fingerprint density at radius 1 is 0.810 bits per heavy atom. The molecule has 0 saturated carbocycles. The number of amides is 2. The number of piperidine rings is 1. The average molecular weight is 573 g/mol. The number of anilines is 1. The van der Waals surface area contributed by atoms with Gasteiger partial charge in [-0.25, -0.2) is 4.79 Å². The van der Waals surface area contributed by atoms with Crippen molar-refractivity contribution in [3.8, 4) is 5.69 Å². The van der Waals surface area contributed by atoms with Gasteiger partial charge in [-0.2, -0.15) is 0 Å². The Balaban J connectivity index is 1.38. The van der Waals surface area contributed by atoms with Crippen molar-refractivity contribution < 1.29 is 14.3 Å². The quantitative estimate of drug-likeness (QED) is 0.488. The van der Waals surface area contributed by atoms with Gasteiger partial charge in [-0.1, -0.05) is 18.2 Å². The molecule has 42 heavy (non-hydrogen) atoms. The van der Waals surface area contributed by atoms with Crippen LogP contribution in [0.5, 0.6) is 0 Å². The van der Waals surface area contributed by atoms with Crippen LogP contribution in [-0.4, -0.2) is 96.3 Å². The first-order valence-electron chi connectivity index (χ1n) is 15.1. The molecule has 10 nitrogen and oxygen atoms in total. The highest BCUT2D eigenvalue weighted by Gasteiger charge is 2.29. The van der Waals surface area contributed by atoms with E-state index in [1.54, 1.807) is 9.13 Å². The molecule has 2 aromatic carbocycles. The highest BCUT2D eigenvalue weighted by atomic mass is 16.5. The van der Waals surface area contributed by atoms with Gasteiger partial charge in [0, 0.05) is 63.6 Å². The van der Waals surface area contributed by atoms with Crippen molar-refractivity contribution in [3.05, 3.63) is 81.5 Å². The lowest BCUT2D eigenvalue weighted by molar-refractivity contribution is 0.0716. The zero-order chi connectivity index (χ0) is 29.1. The summed E-state index contributed by atoms with van der Waals surface area (Å²) >= 11 is 0. The molecule has 1 aromatic heterocycles. The fourth-order valence-corrected chi connectivity index (χ4v) is 6.31. The Bertz CT molecular complexity index is 1490. The maximum absolute atomic E-state index is 14.2. The van der Waals surface area contributed by atoms with Gasteiger partial charge in [-0.3, -0.25) is 18.7 Å². The molecule has 3 aliphatic rings. The zero-order valence-corrected chi connectivity index (χ0v) is 24.4. The maximum atomic E-state index is 14.2. The third-order valence-electron chi connectivity index (χ3n) is 8.60. The summed E-state index contributed by atoms with van der Waals surface area (Å²) in [6.45, 7) is 9.13. The summed E-state index contributed by atoms with van der Waals surface area (Å²) in [6, 6.07) is 15.4. The van der Waals surface area contributed by atoms with Gasteiger partial charge in [-0.05, 0) is 62.1 Å². The summed E-state index contributed by atoms with van der Waals surface area (Å²) < 4.78 is 8.76. The first-order valence-corrected chi connectivity index (χ1v) is 15.1. The Kier molecular flexibility index (Phi) is 8.43. The van der Waals surface area contributed by atoms with Gasteiger partial charge in [0.25, 0.3) is 11.8 Å². The van der Waals surface area contributed by atoms with Crippen LogP contribution in [0.4, 0.5) is 5.69 Å². The SMILES string of the molecule is Cc1c(C(=O)N2CCNCC2)n(Cc2cccc(C(=O)N3CCCCC3)c2)c(=O)n1-c1cccc(N2CCOCC2)c1. The van der Waals surface area contributed by atoms with Crippen LogP contribution in [0.15, 0.2) is 53.3 Å². The lowest BCUT2D eigenvalue weighted by Crippen LogP contribution is -2.47. The van der Waals surface area contributed by atoms with Crippen molar-refractivity contribution in [3.63, 3.8) is 0 Å². The van der Waals surface area contributed by atoms with Crippen molar-refractivity contribution in [2.45, 2.75) is 32.7 Å². The van der Waals surface area contributed by atoms with Crippen molar-refractivity contribution in [1.29, 1.82) is 0 Å². The topological polar surface area (TPSA) is 92.1 Å². The number of morpholine rings is 1. The van der Waals surface area contributed by atoms with E-state index >= 15 is 0 Å². The molecular weight excluding hydrogens is 532 g/mol. The minimum atomic E-state index is -0.266. The molecule has 3 aromatic rings. The van der Waals surface area contributed by atoms with Gasteiger partial charge >= 0.3 is 5.69 Å². The first kappa shape index (κ1) is 28.2. The molecule has 6 rings (SSSR count). The second-order valence-electron chi connectivity index (χ2n) is 11.4. The van der Waals surface area contributed by atoms with Crippen LogP contribution in [0.2, 0.25) is 0 Å². The Labute approximate surface area is 246 Å². The lowest BCUT2D eigenvalue weighted by Gasteiger charge is -2.29. The number of hydrogen-bond acceptors (Lipinski definition) is 6. The third kappa shape index (κ3) is 5.73. The predicted molar refractivity (Wildman–Crippen MR) is 162 cm³/mol. The number of nitrogens with one attached hydrogen (secondary N) is 1. The van der Waals surface area contributed by atoms with Crippen LogP contribution in [0, 0.1) is 6.92 Å². The molecule has 2 amide bonds. The Morgan fingerprint density at radius 2 is 1.50 bits per heavy atom. The molecular formula is C32H40N6O4. The molecule has 0 unspecified atom stereocenters. The number of hydrogen-bond donors (Lipinski definition) is 1. The van der Waals surface area contributed by atoms with Gasteiger partial charge in [0.1, 0.15) is 5.69 Å². The summed E-state index contributed by atoms with van der Waals surface area (Å²) in [5.74, 6) is -0.121. The summed E-state index contributed by atoms with van der Waals surface area (Å²) in [5, 5.41) is 3.30. The van der Waals surface area contributed by atoms with Crippen LogP contribution >= 0.6 is 0 Å². The summed E-state index contributed by atoms with van der Waals surface area (Å²) in [4.78, 5) is 47.4. The second-order valence-corrected chi connectivity index (χ2v) is 11.4. The van der Waals surface area contributed by atoms with Gasteiger partial charge in [-0.15, -0.1) is 0 Å². The fraction of sp³-hybridized carbons (Fsp3) is 0.469. The predicted octanol–water partition coefficient (Wildman–Crippen LogP) is 2.50. The minimum absolute atomic E-state index is 0.0229. The van der Waals surface area contributed by atoms with E-state index in [2.05, 4.69) is 10.2 Å². The molecule has 0 bridgehead atoms. The summed E-state index contributed by atoms with van der Waals surface area (Å²) in [5.41, 5.74) is 3.92. The van der Waals surface area contributed by atoms with E-state index in [9.17, 15) is 14.4 Å². The van der Waals surface area contributed by atoms with Crippen LogP contribution in [-0.2, 0) is 11.3 Å². The molecule has 0 spiro atoms. The van der Waals surface area contributed by atoms with Crippen LogP contribution in [0.25, 0.3) is 5.69 Å². The van der Waals surface area contributed by atoms with E-state index in [1.807, 2.05) is 65.3 Å². The second kappa shape index (κ2) is 12.5. The standard InChI is InChI=1S/C32H40N6O4/c1-24-29(31(40)36-15-11-33-12-16-36)37(23-25-7-5-8-26(21-25)30(39)35-13-3-2-4-14-35)32(41)38(24)28-10-6-9-27(22-28)34-17-19-42-20-18-34/h5-10,21-22,33H,2-4,11-20,23H2,1H3. The number of ether oxygens (including phenoxy) is 1. The minimum Gasteiger partial charge on any atom is -0.378 e. The van der Waals surface area contributed by atoms with Crippen molar-refractivity contribution in [1.82, 2.24) is 24.3 Å². The monoisotopic (exact) mass is 572 g/mol. The molecule has 10 heteroatoms.